The lowest BCUT2D eigenvalue weighted by atomic mass is 10.2. The third-order valence-corrected chi connectivity index (χ3v) is 2.78. The molecule has 98 valence electrons. The third-order valence-electron chi connectivity index (χ3n) is 2.53. The number of hydrogen-bond donors (Lipinski definition) is 1. The smallest absolute Gasteiger partial charge is 0.271 e. The average molecular weight is 277 g/mol. The first kappa shape index (κ1) is 13.4. The van der Waals surface area contributed by atoms with E-state index in [1.807, 2.05) is 19.1 Å². The molecule has 4 nitrogen and oxygen atoms in total. The second kappa shape index (κ2) is 5.71. The molecular weight excluding hydrogens is 264 g/mol. The number of nitrogens with one attached hydrogen (secondary N) is 1. The summed E-state index contributed by atoms with van der Waals surface area (Å²) in [5.41, 5.74) is 3.58. The molecule has 0 saturated heterocycles. The van der Waals surface area contributed by atoms with Gasteiger partial charge in [-0.05, 0) is 50.2 Å². The Kier molecular flexibility index (Phi) is 4.02. The van der Waals surface area contributed by atoms with Crippen LogP contribution in [0.4, 0.5) is 0 Å². The number of aryl methyl sites for hydroxylation is 1. The summed E-state index contributed by atoms with van der Waals surface area (Å²) in [6.07, 6.45) is 0. The molecule has 2 rings (SSSR count). The number of hydrogen-bond acceptors (Lipinski definition) is 3. The lowest BCUT2D eigenvalue weighted by Gasteiger charge is -2.01. The van der Waals surface area contributed by atoms with Crippen LogP contribution in [0.15, 0.2) is 45.9 Å². The van der Waals surface area contributed by atoms with Gasteiger partial charge in [-0.3, -0.25) is 4.79 Å². The Labute approximate surface area is 116 Å². The highest BCUT2D eigenvalue weighted by molar-refractivity contribution is 6.30. The van der Waals surface area contributed by atoms with Crippen LogP contribution in [0.3, 0.4) is 0 Å². The molecule has 0 saturated carbocycles. The molecule has 0 aliphatic carbocycles. The van der Waals surface area contributed by atoms with Crippen molar-refractivity contribution in [1.82, 2.24) is 5.43 Å². The summed E-state index contributed by atoms with van der Waals surface area (Å²) >= 11 is 5.75. The zero-order chi connectivity index (χ0) is 13.8. The van der Waals surface area contributed by atoms with Crippen molar-refractivity contribution >= 4 is 23.2 Å². The minimum absolute atomic E-state index is 0.292. The van der Waals surface area contributed by atoms with E-state index in [2.05, 4.69) is 10.5 Å². The van der Waals surface area contributed by atoms with Gasteiger partial charge in [-0.2, -0.15) is 5.10 Å². The fraction of sp³-hybridized carbons (Fsp3) is 0.143. The zero-order valence-electron chi connectivity index (χ0n) is 10.6. The highest BCUT2D eigenvalue weighted by atomic mass is 35.5. The van der Waals surface area contributed by atoms with Crippen LogP contribution in [-0.4, -0.2) is 11.6 Å². The number of benzene rings is 1. The Morgan fingerprint density at radius 1 is 1.21 bits per heavy atom. The van der Waals surface area contributed by atoms with E-state index >= 15 is 0 Å². The summed E-state index contributed by atoms with van der Waals surface area (Å²) in [5.74, 6) is 1.14. The summed E-state index contributed by atoms with van der Waals surface area (Å²) in [5, 5.41) is 4.58. The van der Waals surface area contributed by atoms with Gasteiger partial charge in [0.15, 0.2) is 0 Å². The van der Waals surface area contributed by atoms with Crippen LogP contribution >= 0.6 is 11.6 Å². The number of rotatable bonds is 3. The number of carbonyl (C=O) groups excluding carboxylic acids is 1. The minimum Gasteiger partial charge on any atom is -0.460 e. The number of amides is 1. The molecule has 1 amide bonds. The highest BCUT2D eigenvalue weighted by Crippen LogP contribution is 2.10. The monoisotopic (exact) mass is 276 g/mol. The van der Waals surface area contributed by atoms with E-state index in [1.165, 1.54) is 0 Å². The topological polar surface area (TPSA) is 54.6 Å². The Morgan fingerprint density at radius 2 is 1.89 bits per heavy atom. The second-order valence-corrected chi connectivity index (χ2v) is 4.49. The molecule has 0 aliphatic rings. The molecule has 0 atom stereocenters. The first-order chi connectivity index (χ1) is 9.06. The summed E-state index contributed by atoms with van der Waals surface area (Å²) in [4.78, 5) is 11.8. The standard InChI is InChI=1S/C14H13ClN2O2/c1-9-3-8-13(19-9)10(2)16-17-14(18)11-4-6-12(15)7-5-11/h3-8H,1-2H3,(H,17,18). The van der Waals surface area contributed by atoms with E-state index < -0.39 is 0 Å². The van der Waals surface area contributed by atoms with Gasteiger partial charge in [0.05, 0.1) is 0 Å². The van der Waals surface area contributed by atoms with Crippen molar-refractivity contribution in [3.63, 3.8) is 0 Å². The number of carbonyl (C=O) groups is 1. The second-order valence-electron chi connectivity index (χ2n) is 4.06. The van der Waals surface area contributed by atoms with Crippen molar-refractivity contribution in [1.29, 1.82) is 0 Å². The Morgan fingerprint density at radius 3 is 2.47 bits per heavy atom. The average Bonchev–Trinajstić information content (AvgIpc) is 2.83. The van der Waals surface area contributed by atoms with Crippen LogP contribution < -0.4 is 5.43 Å². The van der Waals surface area contributed by atoms with Crippen LogP contribution in [0.25, 0.3) is 0 Å². The molecule has 0 fully saturated rings. The van der Waals surface area contributed by atoms with Crippen molar-refractivity contribution in [3.05, 3.63) is 58.5 Å². The largest absolute Gasteiger partial charge is 0.460 e. The maximum Gasteiger partial charge on any atom is 0.271 e. The molecule has 0 bridgehead atoms. The Hall–Kier alpha value is -2.07. The van der Waals surface area contributed by atoms with Gasteiger partial charge in [0, 0.05) is 10.6 Å². The first-order valence-corrected chi connectivity index (χ1v) is 6.11. The summed E-state index contributed by atoms with van der Waals surface area (Å²) in [6, 6.07) is 10.2. The molecule has 2 aromatic rings. The van der Waals surface area contributed by atoms with Crippen LogP contribution in [0.5, 0.6) is 0 Å². The predicted octanol–water partition coefficient (Wildman–Crippen LogP) is 3.40. The number of halogens is 1. The number of nitrogens with zero attached hydrogens (tertiary/aromatic N) is 1. The van der Waals surface area contributed by atoms with Crippen molar-refractivity contribution in [2.24, 2.45) is 5.10 Å². The first-order valence-electron chi connectivity index (χ1n) is 5.73. The summed E-state index contributed by atoms with van der Waals surface area (Å²) in [6.45, 7) is 3.61. The highest BCUT2D eigenvalue weighted by Gasteiger charge is 2.06. The Balaban J connectivity index is 2.05. The van der Waals surface area contributed by atoms with Gasteiger partial charge in [-0.1, -0.05) is 11.6 Å². The van der Waals surface area contributed by atoms with E-state index in [0.717, 1.165) is 5.76 Å². The van der Waals surface area contributed by atoms with Crippen LogP contribution in [0.1, 0.15) is 28.8 Å². The lowest BCUT2D eigenvalue weighted by molar-refractivity contribution is 0.0955. The van der Waals surface area contributed by atoms with Crippen LogP contribution in [-0.2, 0) is 0 Å². The Bertz CT molecular complexity index is 615. The van der Waals surface area contributed by atoms with Gasteiger partial charge in [-0.25, -0.2) is 5.43 Å². The van der Waals surface area contributed by atoms with E-state index in [1.54, 1.807) is 31.2 Å². The number of furan rings is 1. The molecule has 0 radical (unpaired) electrons. The molecule has 0 aliphatic heterocycles. The van der Waals surface area contributed by atoms with E-state index in [9.17, 15) is 4.79 Å². The van der Waals surface area contributed by atoms with Crippen LogP contribution in [0, 0.1) is 6.92 Å². The predicted molar refractivity (Wildman–Crippen MR) is 74.6 cm³/mol. The van der Waals surface area contributed by atoms with Gasteiger partial charge in [0.25, 0.3) is 5.91 Å². The van der Waals surface area contributed by atoms with Crippen LogP contribution in [0.2, 0.25) is 5.02 Å². The molecule has 0 unspecified atom stereocenters. The fourth-order valence-corrected chi connectivity index (χ4v) is 1.61. The molecular formula is C14H13ClN2O2. The van der Waals surface area contributed by atoms with Gasteiger partial charge in [0.2, 0.25) is 0 Å². The molecule has 1 N–H and O–H groups in total. The van der Waals surface area contributed by atoms with E-state index in [0.29, 0.717) is 22.1 Å². The third kappa shape index (κ3) is 3.45. The van der Waals surface area contributed by atoms with Gasteiger partial charge in [0.1, 0.15) is 17.2 Å². The molecule has 1 heterocycles. The SMILES string of the molecule is CC(=NNC(=O)c1ccc(Cl)cc1)c1ccc(C)o1. The molecule has 0 spiro atoms. The van der Waals surface area contributed by atoms with Crippen molar-refractivity contribution in [3.8, 4) is 0 Å². The molecule has 5 heteroatoms. The van der Waals surface area contributed by atoms with Gasteiger partial charge in [-0.15, -0.1) is 0 Å². The zero-order valence-corrected chi connectivity index (χ0v) is 11.4. The van der Waals surface area contributed by atoms with E-state index in [-0.39, 0.29) is 5.91 Å². The van der Waals surface area contributed by atoms with Gasteiger partial charge >= 0.3 is 0 Å². The van der Waals surface area contributed by atoms with Gasteiger partial charge < -0.3 is 4.42 Å². The normalized spacial score (nSPS) is 11.4. The molecule has 1 aromatic carbocycles. The molecule has 1 aromatic heterocycles. The summed E-state index contributed by atoms with van der Waals surface area (Å²) < 4.78 is 5.40. The van der Waals surface area contributed by atoms with Crippen molar-refractivity contribution in [2.45, 2.75) is 13.8 Å². The summed E-state index contributed by atoms with van der Waals surface area (Å²) in [7, 11) is 0. The quantitative estimate of drug-likeness (QED) is 0.690. The van der Waals surface area contributed by atoms with Crippen molar-refractivity contribution in [2.75, 3.05) is 0 Å². The lowest BCUT2D eigenvalue weighted by Crippen LogP contribution is -2.19. The maximum absolute atomic E-state index is 11.8. The number of hydrazone groups is 1. The fourth-order valence-electron chi connectivity index (χ4n) is 1.48. The van der Waals surface area contributed by atoms with E-state index in [4.69, 9.17) is 16.0 Å². The minimum atomic E-state index is -0.292. The molecule has 19 heavy (non-hydrogen) atoms. The van der Waals surface area contributed by atoms with Crippen molar-refractivity contribution < 1.29 is 9.21 Å². The maximum atomic E-state index is 11.8.